The number of β-amino-alcohol motifs (C(OH)–C–C–N with tert-alkyl or cyclic N) is 1. The van der Waals surface area contributed by atoms with E-state index < -0.39 is 6.10 Å². The van der Waals surface area contributed by atoms with Gasteiger partial charge in [0.05, 0.1) is 11.1 Å². The number of fused-ring (bicyclic) bond motifs is 1. The van der Waals surface area contributed by atoms with Crippen LogP contribution in [0.3, 0.4) is 0 Å². The van der Waals surface area contributed by atoms with Gasteiger partial charge in [-0.1, -0.05) is 17.7 Å². The number of anilines is 1. The number of benzene rings is 1. The number of nitrogens with zero attached hydrogens (tertiary/aromatic N) is 4. The topological polar surface area (TPSA) is 119 Å². The van der Waals surface area contributed by atoms with E-state index in [1.54, 1.807) is 19.1 Å². The first-order valence-corrected chi connectivity index (χ1v) is 12.4. The normalized spacial score (nSPS) is 17.6. The number of nitrogens with one attached hydrogen (secondary N) is 1. The van der Waals surface area contributed by atoms with Crippen molar-refractivity contribution in [1.29, 1.82) is 0 Å². The lowest BCUT2D eigenvalue weighted by Crippen LogP contribution is -2.41. The van der Waals surface area contributed by atoms with Crippen molar-refractivity contribution in [1.82, 2.24) is 19.8 Å². The van der Waals surface area contributed by atoms with Gasteiger partial charge in [-0.05, 0) is 42.9 Å². The first-order valence-electron chi connectivity index (χ1n) is 12.1. The molecule has 35 heavy (non-hydrogen) atoms. The quantitative estimate of drug-likeness (QED) is 0.472. The predicted molar refractivity (Wildman–Crippen MR) is 133 cm³/mol. The molecule has 3 heterocycles. The molecule has 3 N–H and O–H groups in total. The van der Waals surface area contributed by atoms with E-state index in [0.717, 1.165) is 30.5 Å². The molecule has 188 valence electrons. The molecule has 0 saturated carbocycles. The minimum atomic E-state index is -0.640. The standard InChI is InChI=1S/C25H32ClN5O4/c1-16(32)31-10-6-18(7-11-31)29-24-12-21(27-15-28-24)22(34)5-3-19(33)14-30-9-8-20-17(13-30)2-4-23(35)25(20)26/h2,4,12,15,18-19,33,35H,3,5-11,13-14H2,1H3,(H,27,28,29)/t19-/m0/s1. The van der Waals surface area contributed by atoms with Crippen LogP contribution in [0.5, 0.6) is 5.75 Å². The number of halogens is 1. The van der Waals surface area contributed by atoms with Gasteiger partial charge in [0.25, 0.3) is 0 Å². The summed E-state index contributed by atoms with van der Waals surface area (Å²) >= 11 is 6.21. The number of carbonyl (C=O) groups is 2. The molecule has 9 nitrogen and oxygen atoms in total. The van der Waals surface area contributed by atoms with E-state index in [0.29, 0.717) is 55.6 Å². The molecule has 0 unspecified atom stereocenters. The van der Waals surface area contributed by atoms with Crippen LogP contribution in [0.15, 0.2) is 24.5 Å². The van der Waals surface area contributed by atoms with E-state index in [1.807, 2.05) is 11.0 Å². The molecular formula is C25H32ClN5O4. The van der Waals surface area contributed by atoms with Crippen LogP contribution >= 0.6 is 11.6 Å². The average molecular weight is 502 g/mol. The summed E-state index contributed by atoms with van der Waals surface area (Å²) < 4.78 is 0. The lowest BCUT2D eigenvalue weighted by atomic mass is 9.98. The minimum absolute atomic E-state index is 0.0929. The fourth-order valence-electron chi connectivity index (χ4n) is 4.76. The molecule has 2 aromatic rings. The maximum absolute atomic E-state index is 12.7. The Labute approximate surface area is 210 Å². The van der Waals surface area contributed by atoms with E-state index in [4.69, 9.17) is 11.6 Å². The Morgan fingerprint density at radius 1 is 1.23 bits per heavy atom. The molecule has 1 aromatic heterocycles. The number of amides is 1. The molecule has 10 heteroatoms. The van der Waals surface area contributed by atoms with Crippen molar-refractivity contribution in [3.63, 3.8) is 0 Å². The monoisotopic (exact) mass is 501 g/mol. The van der Waals surface area contributed by atoms with Crippen LogP contribution in [0.4, 0.5) is 5.82 Å². The predicted octanol–water partition coefficient (Wildman–Crippen LogP) is 2.64. The Morgan fingerprint density at radius 3 is 2.74 bits per heavy atom. The highest BCUT2D eigenvalue weighted by atomic mass is 35.5. The van der Waals surface area contributed by atoms with Crippen molar-refractivity contribution in [3.8, 4) is 5.75 Å². The van der Waals surface area contributed by atoms with E-state index in [1.165, 1.54) is 6.33 Å². The third kappa shape index (κ3) is 6.48. The molecule has 1 fully saturated rings. The molecule has 1 amide bonds. The van der Waals surface area contributed by atoms with Crippen LogP contribution in [0.2, 0.25) is 5.02 Å². The van der Waals surface area contributed by atoms with Crippen molar-refractivity contribution < 1.29 is 19.8 Å². The molecule has 1 aromatic carbocycles. The van der Waals surface area contributed by atoms with Gasteiger partial charge in [0.2, 0.25) is 5.91 Å². The maximum Gasteiger partial charge on any atom is 0.219 e. The number of rotatable bonds is 8. The van der Waals surface area contributed by atoms with Gasteiger partial charge >= 0.3 is 0 Å². The second-order valence-electron chi connectivity index (χ2n) is 9.35. The Morgan fingerprint density at radius 2 is 2.00 bits per heavy atom. The second-order valence-corrected chi connectivity index (χ2v) is 9.73. The van der Waals surface area contributed by atoms with Crippen molar-refractivity contribution in [2.24, 2.45) is 0 Å². The van der Waals surface area contributed by atoms with E-state index in [2.05, 4.69) is 20.2 Å². The van der Waals surface area contributed by atoms with Gasteiger partial charge < -0.3 is 20.4 Å². The SMILES string of the molecule is CC(=O)N1CCC(Nc2cc(C(=O)CC[C@H](O)CN3CCc4c(ccc(O)c4Cl)C3)ncn2)CC1. The number of phenols is 1. The summed E-state index contributed by atoms with van der Waals surface area (Å²) in [6, 6.07) is 5.32. The number of piperidine rings is 1. The van der Waals surface area contributed by atoms with Gasteiger partial charge in [-0.2, -0.15) is 0 Å². The fraction of sp³-hybridized carbons (Fsp3) is 0.520. The first-order chi connectivity index (χ1) is 16.8. The maximum atomic E-state index is 12.7. The minimum Gasteiger partial charge on any atom is -0.506 e. The summed E-state index contributed by atoms with van der Waals surface area (Å²) in [5.41, 5.74) is 2.35. The number of ketones is 1. The summed E-state index contributed by atoms with van der Waals surface area (Å²) in [6.45, 7) is 4.83. The third-order valence-electron chi connectivity index (χ3n) is 6.81. The summed E-state index contributed by atoms with van der Waals surface area (Å²) in [4.78, 5) is 36.5. The molecule has 1 saturated heterocycles. The van der Waals surface area contributed by atoms with Gasteiger partial charge in [0.15, 0.2) is 5.78 Å². The number of aliphatic hydroxyl groups is 1. The van der Waals surface area contributed by atoms with Crippen molar-refractivity contribution in [2.75, 3.05) is 31.5 Å². The lowest BCUT2D eigenvalue weighted by molar-refractivity contribution is -0.129. The Kier molecular flexibility index (Phi) is 8.20. The molecule has 0 bridgehead atoms. The molecule has 2 aliphatic heterocycles. The summed E-state index contributed by atoms with van der Waals surface area (Å²) in [5, 5.41) is 24.1. The number of aliphatic hydroxyl groups excluding tert-OH is 1. The van der Waals surface area contributed by atoms with Gasteiger partial charge in [0.1, 0.15) is 23.6 Å². The Bertz CT molecular complexity index is 1070. The molecule has 0 radical (unpaired) electrons. The number of hydrogen-bond donors (Lipinski definition) is 3. The highest BCUT2D eigenvalue weighted by Crippen LogP contribution is 2.33. The van der Waals surface area contributed by atoms with Gasteiger partial charge in [-0.15, -0.1) is 0 Å². The molecule has 4 rings (SSSR count). The largest absolute Gasteiger partial charge is 0.506 e. The average Bonchev–Trinajstić information content (AvgIpc) is 2.85. The van der Waals surface area contributed by atoms with Crippen LogP contribution in [0.25, 0.3) is 0 Å². The zero-order chi connectivity index (χ0) is 24.9. The van der Waals surface area contributed by atoms with Crippen molar-refractivity contribution in [2.45, 2.75) is 57.7 Å². The highest BCUT2D eigenvalue weighted by Gasteiger charge is 2.23. The van der Waals surface area contributed by atoms with E-state index in [-0.39, 0.29) is 29.9 Å². The molecule has 1 atom stereocenters. The second kappa shape index (κ2) is 11.3. The van der Waals surface area contributed by atoms with Gasteiger partial charge in [-0.25, -0.2) is 9.97 Å². The molecule has 0 spiro atoms. The highest BCUT2D eigenvalue weighted by molar-refractivity contribution is 6.32. The van der Waals surface area contributed by atoms with Gasteiger partial charge in [-0.3, -0.25) is 14.5 Å². The van der Waals surface area contributed by atoms with Crippen LogP contribution in [0, 0.1) is 0 Å². The number of likely N-dealkylation sites (tertiary alicyclic amines) is 1. The van der Waals surface area contributed by atoms with Crippen LogP contribution in [0.1, 0.15) is 54.2 Å². The Hall–Kier alpha value is -2.75. The van der Waals surface area contributed by atoms with E-state index >= 15 is 0 Å². The lowest BCUT2D eigenvalue weighted by Gasteiger charge is -2.31. The molecule has 2 aliphatic rings. The first kappa shape index (κ1) is 25.3. The fourth-order valence-corrected chi connectivity index (χ4v) is 5.04. The number of carbonyl (C=O) groups excluding carboxylic acids is 2. The zero-order valence-corrected chi connectivity index (χ0v) is 20.7. The summed E-state index contributed by atoms with van der Waals surface area (Å²) in [6.07, 6.45) is 3.64. The summed E-state index contributed by atoms with van der Waals surface area (Å²) in [7, 11) is 0. The van der Waals surface area contributed by atoms with E-state index in [9.17, 15) is 19.8 Å². The summed E-state index contributed by atoms with van der Waals surface area (Å²) in [5.74, 6) is 0.656. The number of Topliss-reactive ketones (excluding diaryl/α,β-unsaturated/α-hetero) is 1. The number of aromatic hydroxyl groups is 1. The number of phenolic OH excluding ortho intramolecular Hbond substituents is 1. The number of hydrogen-bond acceptors (Lipinski definition) is 8. The number of aromatic nitrogens is 2. The van der Waals surface area contributed by atoms with Gasteiger partial charge in [0, 0.05) is 58.2 Å². The third-order valence-corrected chi connectivity index (χ3v) is 7.23. The molecular weight excluding hydrogens is 470 g/mol. The van der Waals surface area contributed by atoms with Crippen LogP contribution < -0.4 is 5.32 Å². The molecule has 0 aliphatic carbocycles. The smallest absolute Gasteiger partial charge is 0.219 e. The van der Waals surface area contributed by atoms with Crippen molar-refractivity contribution >= 4 is 29.1 Å². The van der Waals surface area contributed by atoms with Crippen LogP contribution in [-0.4, -0.2) is 80.0 Å². The van der Waals surface area contributed by atoms with Crippen LogP contribution in [-0.2, 0) is 17.8 Å². The van der Waals surface area contributed by atoms with Crippen molar-refractivity contribution in [3.05, 3.63) is 46.4 Å². The zero-order valence-electron chi connectivity index (χ0n) is 19.9. The Balaban J connectivity index is 1.24.